The molecule has 16 heavy (non-hydrogen) atoms. The highest BCUT2D eigenvalue weighted by Crippen LogP contribution is 2.09. The van der Waals surface area contributed by atoms with Gasteiger partial charge in [-0.2, -0.15) is 0 Å². The summed E-state index contributed by atoms with van der Waals surface area (Å²) < 4.78 is 0. The van der Waals surface area contributed by atoms with Crippen LogP contribution in [0.1, 0.15) is 40.0 Å². The fourth-order valence-corrected chi connectivity index (χ4v) is 1.45. The van der Waals surface area contributed by atoms with Crippen molar-refractivity contribution in [3.63, 3.8) is 0 Å². The number of carboxylic acid groups (broad SMARTS) is 1. The molecule has 0 aromatic heterocycles. The smallest absolute Gasteiger partial charge is 0.306 e. The van der Waals surface area contributed by atoms with Crippen molar-refractivity contribution in [3.05, 3.63) is 0 Å². The lowest BCUT2D eigenvalue weighted by Crippen LogP contribution is -2.43. The molecule has 0 aromatic carbocycles. The van der Waals surface area contributed by atoms with Crippen LogP contribution >= 0.6 is 0 Å². The lowest BCUT2D eigenvalue weighted by Gasteiger charge is -2.17. The van der Waals surface area contributed by atoms with E-state index in [1.54, 1.807) is 13.8 Å². The molecule has 0 radical (unpaired) electrons. The molecule has 94 valence electrons. The van der Waals surface area contributed by atoms with Crippen LogP contribution in [0.5, 0.6) is 0 Å². The van der Waals surface area contributed by atoms with E-state index < -0.39 is 5.97 Å². The third-order valence-corrected chi connectivity index (χ3v) is 2.66. The van der Waals surface area contributed by atoms with E-state index in [4.69, 9.17) is 10.8 Å². The maximum Gasteiger partial charge on any atom is 0.306 e. The van der Waals surface area contributed by atoms with Crippen LogP contribution in [0.3, 0.4) is 0 Å². The van der Waals surface area contributed by atoms with Crippen LogP contribution in [0.25, 0.3) is 0 Å². The Labute approximate surface area is 96.4 Å². The molecule has 0 rings (SSSR count). The Morgan fingerprint density at radius 3 is 2.25 bits per heavy atom. The second-order valence-electron chi connectivity index (χ2n) is 4.36. The molecule has 5 heteroatoms. The fourth-order valence-electron chi connectivity index (χ4n) is 1.45. The number of nitrogens with two attached hydrogens (primary N) is 1. The zero-order valence-electron chi connectivity index (χ0n) is 10.2. The molecule has 0 bridgehead atoms. The molecule has 0 aliphatic heterocycles. The number of aliphatic carboxylic acids is 1. The van der Waals surface area contributed by atoms with Gasteiger partial charge in [-0.05, 0) is 26.7 Å². The van der Waals surface area contributed by atoms with Gasteiger partial charge in [0.2, 0.25) is 5.91 Å². The van der Waals surface area contributed by atoms with Crippen molar-refractivity contribution in [1.82, 2.24) is 5.32 Å². The van der Waals surface area contributed by atoms with Crippen LogP contribution in [0, 0.1) is 5.92 Å². The van der Waals surface area contributed by atoms with Gasteiger partial charge in [0.25, 0.3) is 0 Å². The Kier molecular flexibility index (Phi) is 6.72. The molecule has 0 aliphatic rings. The average Bonchev–Trinajstić information content (AvgIpc) is 2.16. The van der Waals surface area contributed by atoms with Crippen molar-refractivity contribution < 1.29 is 14.7 Å². The van der Waals surface area contributed by atoms with Crippen molar-refractivity contribution >= 4 is 11.9 Å². The number of carbonyl (C=O) groups excluding carboxylic acids is 1. The van der Waals surface area contributed by atoms with Crippen LogP contribution < -0.4 is 11.1 Å². The number of rotatable bonds is 8. The Morgan fingerprint density at radius 1 is 1.25 bits per heavy atom. The van der Waals surface area contributed by atoms with Gasteiger partial charge < -0.3 is 16.2 Å². The first-order chi connectivity index (χ1) is 7.34. The number of primary amides is 1. The second-order valence-corrected chi connectivity index (χ2v) is 4.36. The highest BCUT2D eigenvalue weighted by Gasteiger charge is 2.14. The minimum atomic E-state index is -0.758. The van der Waals surface area contributed by atoms with Gasteiger partial charge in [0.1, 0.15) is 0 Å². The minimum absolute atomic E-state index is 0.170. The fraction of sp³-hybridized carbons (Fsp3) is 0.818. The van der Waals surface area contributed by atoms with E-state index in [-0.39, 0.29) is 23.9 Å². The molecule has 0 aromatic rings. The van der Waals surface area contributed by atoms with E-state index in [9.17, 15) is 9.59 Å². The van der Waals surface area contributed by atoms with Crippen molar-refractivity contribution in [1.29, 1.82) is 0 Å². The molecule has 5 nitrogen and oxygen atoms in total. The standard InChI is InChI=1S/C11H22N2O3/c1-7(11(15)16)5-4-6-8(2)13-9(3)10(12)14/h7-9,13H,4-6H2,1-3H3,(H2,12,14)(H,15,16). The van der Waals surface area contributed by atoms with Gasteiger partial charge in [0.15, 0.2) is 0 Å². The predicted octanol–water partition coefficient (Wildman–Crippen LogP) is 0.729. The monoisotopic (exact) mass is 230 g/mol. The van der Waals surface area contributed by atoms with Gasteiger partial charge in [-0.3, -0.25) is 9.59 Å². The van der Waals surface area contributed by atoms with Gasteiger partial charge >= 0.3 is 5.97 Å². The maximum atomic E-state index is 10.8. The van der Waals surface area contributed by atoms with Crippen LogP contribution in [0.15, 0.2) is 0 Å². The summed E-state index contributed by atoms with van der Waals surface area (Å²) in [6.07, 6.45) is 2.33. The minimum Gasteiger partial charge on any atom is -0.481 e. The highest BCUT2D eigenvalue weighted by molar-refractivity contribution is 5.79. The summed E-state index contributed by atoms with van der Waals surface area (Å²) in [5.74, 6) is -1.43. The van der Waals surface area contributed by atoms with Crippen LogP contribution in [-0.2, 0) is 9.59 Å². The Hall–Kier alpha value is -1.10. The molecule has 0 spiro atoms. The third kappa shape index (κ3) is 6.40. The van der Waals surface area contributed by atoms with E-state index >= 15 is 0 Å². The van der Waals surface area contributed by atoms with Crippen molar-refractivity contribution in [2.45, 2.75) is 52.1 Å². The molecular formula is C11H22N2O3. The quantitative estimate of drug-likeness (QED) is 0.573. The normalized spacial score (nSPS) is 16.4. The van der Waals surface area contributed by atoms with Crippen LogP contribution in [-0.4, -0.2) is 29.1 Å². The number of nitrogens with one attached hydrogen (secondary N) is 1. The van der Waals surface area contributed by atoms with Gasteiger partial charge in [-0.1, -0.05) is 13.3 Å². The summed E-state index contributed by atoms with van der Waals surface area (Å²) >= 11 is 0. The lowest BCUT2D eigenvalue weighted by atomic mass is 10.0. The van der Waals surface area contributed by atoms with E-state index in [2.05, 4.69) is 5.32 Å². The Morgan fingerprint density at radius 2 is 1.81 bits per heavy atom. The molecule has 0 heterocycles. The molecular weight excluding hydrogens is 208 g/mol. The number of carbonyl (C=O) groups is 2. The van der Waals surface area contributed by atoms with E-state index in [0.717, 1.165) is 12.8 Å². The summed E-state index contributed by atoms with van der Waals surface area (Å²) in [7, 11) is 0. The Bertz CT molecular complexity index is 243. The van der Waals surface area contributed by atoms with Crippen molar-refractivity contribution in [3.8, 4) is 0 Å². The first-order valence-corrected chi connectivity index (χ1v) is 5.62. The van der Waals surface area contributed by atoms with Crippen LogP contribution in [0.2, 0.25) is 0 Å². The number of hydrogen-bond donors (Lipinski definition) is 3. The van der Waals surface area contributed by atoms with E-state index in [1.807, 2.05) is 6.92 Å². The predicted molar refractivity (Wildman–Crippen MR) is 61.9 cm³/mol. The van der Waals surface area contributed by atoms with Gasteiger partial charge in [0, 0.05) is 6.04 Å². The SMILES string of the molecule is CC(CCCC(C)C(=O)O)NC(C)C(N)=O. The average molecular weight is 230 g/mol. The summed E-state index contributed by atoms with van der Waals surface area (Å²) in [6, 6.07) is -0.171. The van der Waals surface area contributed by atoms with E-state index in [1.165, 1.54) is 0 Å². The number of hydrogen-bond acceptors (Lipinski definition) is 3. The van der Waals surface area contributed by atoms with E-state index in [0.29, 0.717) is 6.42 Å². The van der Waals surface area contributed by atoms with Crippen molar-refractivity contribution in [2.24, 2.45) is 11.7 Å². The molecule has 0 fully saturated rings. The summed E-state index contributed by atoms with van der Waals surface area (Å²) in [5.41, 5.74) is 5.12. The molecule has 0 saturated carbocycles. The summed E-state index contributed by atoms with van der Waals surface area (Å²) in [6.45, 7) is 5.38. The van der Waals surface area contributed by atoms with Gasteiger partial charge in [-0.25, -0.2) is 0 Å². The first-order valence-electron chi connectivity index (χ1n) is 5.62. The highest BCUT2D eigenvalue weighted by atomic mass is 16.4. The van der Waals surface area contributed by atoms with Crippen molar-refractivity contribution in [2.75, 3.05) is 0 Å². The summed E-state index contributed by atoms with van der Waals surface area (Å²) in [4.78, 5) is 21.4. The van der Waals surface area contributed by atoms with Crippen LogP contribution in [0.4, 0.5) is 0 Å². The maximum absolute atomic E-state index is 10.8. The number of amides is 1. The summed E-state index contributed by atoms with van der Waals surface area (Å²) in [5, 5.41) is 11.7. The molecule has 1 amide bonds. The van der Waals surface area contributed by atoms with Gasteiger partial charge in [-0.15, -0.1) is 0 Å². The largest absolute Gasteiger partial charge is 0.481 e. The number of carboxylic acids is 1. The first kappa shape index (κ1) is 14.9. The second kappa shape index (κ2) is 7.22. The molecule has 3 atom stereocenters. The van der Waals surface area contributed by atoms with Gasteiger partial charge in [0.05, 0.1) is 12.0 Å². The Balaban J connectivity index is 3.69. The zero-order chi connectivity index (χ0) is 12.7. The zero-order valence-corrected chi connectivity index (χ0v) is 10.2. The molecule has 0 aliphatic carbocycles. The third-order valence-electron chi connectivity index (χ3n) is 2.66. The topological polar surface area (TPSA) is 92.4 Å². The molecule has 0 saturated heterocycles. The molecule has 4 N–H and O–H groups in total. The lowest BCUT2D eigenvalue weighted by molar-refractivity contribution is -0.141. The molecule has 3 unspecified atom stereocenters.